The van der Waals surface area contributed by atoms with Crippen LogP contribution in [0.5, 0.6) is 0 Å². The van der Waals surface area contributed by atoms with Gasteiger partial charge in [0.15, 0.2) is 0 Å². The lowest BCUT2D eigenvalue weighted by Crippen LogP contribution is -2.53. The average Bonchev–Trinajstić information content (AvgIpc) is 2.87. The van der Waals surface area contributed by atoms with Gasteiger partial charge in [0, 0.05) is 13.6 Å². The van der Waals surface area contributed by atoms with Gasteiger partial charge in [0.1, 0.15) is 12.1 Å². The van der Waals surface area contributed by atoms with E-state index >= 15 is 0 Å². The van der Waals surface area contributed by atoms with E-state index in [4.69, 9.17) is 16.6 Å². The molecule has 0 radical (unpaired) electrons. The van der Waals surface area contributed by atoms with E-state index in [0.717, 1.165) is 4.90 Å². The predicted molar refractivity (Wildman–Crippen MR) is 140 cm³/mol. The number of carboxylic acid groups (broad SMARTS) is 1. The van der Waals surface area contributed by atoms with Gasteiger partial charge in [-0.1, -0.05) is 6.08 Å². The summed E-state index contributed by atoms with van der Waals surface area (Å²) in [4.78, 5) is 84.9. The fourth-order valence-electron chi connectivity index (χ4n) is 3.15. The second kappa shape index (κ2) is 19.1. The lowest BCUT2D eigenvalue weighted by Gasteiger charge is -2.21. The van der Waals surface area contributed by atoms with Crippen molar-refractivity contribution in [3.8, 4) is 0 Å². The molecule has 0 saturated heterocycles. The smallest absolute Gasteiger partial charge is 0.305 e. The molecule has 3 atom stereocenters. The first-order valence-electron chi connectivity index (χ1n) is 12.3. The number of nitrogens with one attached hydrogen (secondary N) is 5. The summed E-state index contributed by atoms with van der Waals surface area (Å²) in [5.41, 5.74) is 10.7. The molecule has 10 N–H and O–H groups in total. The molecule has 0 aliphatic rings. The van der Waals surface area contributed by atoms with E-state index in [1.54, 1.807) is 13.0 Å². The van der Waals surface area contributed by atoms with Gasteiger partial charge in [-0.15, -0.1) is 6.58 Å². The van der Waals surface area contributed by atoms with E-state index < -0.39 is 73.1 Å². The summed E-state index contributed by atoms with van der Waals surface area (Å²) in [6.45, 7) is 4.39. The van der Waals surface area contributed by atoms with Crippen molar-refractivity contribution in [3.05, 3.63) is 12.7 Å². The Balaban J connectivity index is 4.80. The highest BCUT2D eigenvalue weighted by Crippen LogP contribution is 2.00. The van der Waals surface area contributed by atoms with Crippen LogP contribution in [0, 0.1) is 0 Å². The Morgan fingerprint density at radius 3 is 2.08 bits per heavy atom. The Labute approximate surface area is 226 Å². The molecule has 0 aliphatic heterocycles. The van der Waals surface area contributed by atoms with E-state index in [-0.39, 0.29) is 18.9 Å². The molecular weight excluding hydrogens is 516 g/mol. The first-order chi connectivity index (χ1) is 18.3. The predicted octanol–water partition coefficient (Wildman–Crippen LogP) is -4.10. The summed E-state index contributed by atoms with van der Waals surface area (Å²) in [5, 5.41) is 21.0. The Kier molecular flexibility index (Phi) is 17.1. The number of likely N-dealkylation sites (N-methyl/N-ethyl adjacent to an activating group) is 1. The van der Waals surface area contributed by atoms with Crippen LogP contribution in [0.15, 0.2) is 12.7 Å². The SMILES string of the molecule is C=CCN[C@@H](C)C(=O)N(C)CC(=O)NCC(=O)N[C@@H](CC(=O)O)C(=O)NCC(=O)N[C@@H](CCCCN)C(N)=O. The molecular formula is C23H40N8O8. The topological polar surface area (TPSA) is 255 Å². The number of rotatable bonds is 20. The second-order valence-corrected chi connectivity index (χ2v) is 8.63. The van der Waals surface area contributed by atoms with Crippen molar-refractivity contribution in [2.45, 2.75) is 50.7 Å². The van der Waals surface area contributed by atoms with Gasteiger partial charge in [-0.05, 0) is 32.7 Å². The maximum absolute atomic E-state index is 12.4. The fourth-order valence-corrected chi connectivity index (χ4v) is 3.15. The summed E-state index contributed by atoms with van der Waals surface area (Å²) >= 11 is 0. The van der Waals surface area contributed by atoms with Gasteiger partial charge in [0.2, 0.25) is 35.4 Å². The molecule has 0 aliphatic carbocycles. The molecule has 16 heteroatoms. The number of hydrogen-bond donors (Lipinski definition) is 8. The van der Waals surface area contributed by atoms with Crippen LogP contribution in [-0.2, 0) is 33.6 Å². The number of carbonyl (C=O) groups excluding carboxylic acids is 6. The van der Waals surface area contributed by atoms with E-state index in [2.05, 4.69) is 33.2 Å². The standard InChI is InChI=1S/C23H40N8O8/c1-4-9-26-14(2)23(39)31(3)13-19(34)27-11-17(32)30-16(10-20(35)36)22(38)28-12-18(33)29-15(21(25)37)7-5-6-8-24/h4,14-16,26H,1,5-13,24H2,2-3H3,(H2,25,37)(H,27,34)(H,28,38)(H,29,33)(H,30,32)(H,35,36)/t14-,15-,16-/m0/s1. The Morgan fingerprint density at radius 1 is 0.949 bits per heavy atom. The highest BCUT2D eigenvalue weighted by molar-refractivity contribution is 5.95. The van der Waals surface area contributed by atoms with E-state index in [0.29, 0.717) is 25.9 Å². The lowest BCUT2D eigenvalue weighted by molar-refractivity contribution is -0.140. The Hall–Kier alpha value is -4.05. The molecule has 0 aromatic heterocycles. The third-order valence-electron chi connectivity index (χ3n) is 5.22. The number of hydrogen-bond acceptors (Lipinski definition) is 9. The third-order valence-corrected chi connectivity index (χ3v) is 5.22. The minimum Gasteiger partial charge on any atom is -0.481 e. The molecule has 0 heterocycles. The van der Waals surface area contributed by atoms with Crippen LogP contribution in [0.2, 0.25) is 0 Å². The molecule has 0 aromatic carbocycles. The first-order valence-corrected chi connectivity index (χ1v) is 12.3. The monoisotopic (exact) mass is 556 g/mol. The normalized spacial score (nSPS) is 12.7. The van der Waals surface area contributed by atoms with Gasteiger partial charge in [-0.3, -0.25) is 33.6 Å². The molecule has 0 bridgehead atoms. The van der Waals surface area contributed by atoms with E-state index in [1.165, 1.54) is 7.05 Å². The summed E-state index contributed by atoms with van der Waals surface area (Å²) in [6.07, 6.45) is 2.19. The van der Waals surface area contributed by atoms with Gasteiger partial charge >= 0.3 is 5.97 Å². The van der Waals surface area contributed by atoms with Crippen molar-refractivity contribution in [2.24, 2.45) is 11.5 Å². The van der Waals surface area contributed by atoms with Crippen LogP contribution >= 0.6 is 0 Å². The van der Waals surface area contributed by atoms with Crippen molar-refractivity contribution >= 4 is 41.4 Å². The second-order valence-electron chi connectivity index (χ2n) is 8.63. The van der Waals surface area contributed by atoms with Crippen LogP contribution in [0.25, 0.3) is 0 Å². The molecule has 0 rings (SSSR count). The first kappa shape index (κ1) is 35.0. The van der Waals surface area contributed by atoms with Crippen LogP contribution in [-0.4, -0.2) is 109 Å². The summed E-state index contributed by atoms with van der Waals surface area (Å²) in [6, 6.07) is -3.10. The molecule has 6 amide bonds. The zero-order valence-corrected chi connectivity index (χ0v) is 22.3. The molecule has 16 nitrogen and oxygen atoms in total. The molecule has 0 unspecified atom stereocenters. The van der Waals surface area contributed by atoms with Crippen LogP contribution in [0.3, 0.4) is 0 Å². The van der Waals surface area contributed by atoms with E-state index in [9.17, 15) is 33.6 Å². The van der Waals surface area contributed by atoms with Crippen LogP contribution in [0.1, 0.15) is 32.6 Å². The number of primary amides is 1. The number of aliphatic carboxylic acids is 1. The Bertz CT molecular complexity index is 897. The van der Waals surface area contributed by atoms with Crippen molar-refractivity contribution in [2.75, 3.05) is 39.8 Å². The van der Waals surface area contributed by atoms with Crippen molar-refractivity contribution in [1.82, 2.24) is 31.5 Å². The minimum absolute atomic E-state index is 0.255. The average molecular weight is 557 g/mol. The lowest BCUT2D eigenvalue weighted by atomic mass is 10.1. The van der Waals surface area contributed by atoms with Crippen molar-refractivity contribution in [1.29, 1.82) is 0 Å². The fraction of sp³-hybridized carbons (Fsp3) is 0.609. The summed E-state index contributed by atoms with van der Waals surface area (Å²) < 4.78 is 0. The number of amides is 6. The molecule has 0 fully saturated rings. The zero-order chi connectivity index (χ0) is 30.0. The molecule has 39 heavy (non-hydrogen) atoms. The minimum atomic E-state index is -1.56. The highest BCUT2D eigenvalue weighted by Gasteiger charge is 2.25. The van der Waals surface area contributed by atoms with Gasteiger partial charge in [0.25, 0.3) is 0 Å². The number of nitrogens with zero attached hydrogens (tertiary/aromatic N) is 1. The maximum Gasteiger partial charge on any atom is 0.305 e. The molecule has 0 saturated carbocycles. The van der Waals surface area contributed by atoms with Crippen LogP contribution in [0.4, 0.5) is 0 Å². The number of carbonyl (C=O) groups is 7. The summed E-state index contributed by atoms with van der Waals surface area (Å²) in [7, 11) is 1.41. The number of nitrogens with two attached hydrogens (primary N) is 2. The van der Waals surface area contributed by atoms with Crippen molar-refractivity contribution in [3.63, 3.8) is 0 Å². The van der Waals surface area contributed by atoms with Crippen LogP contribution < -0.4 is 38.1 Å². The molecule has 220 valence electrons. The third kappa shape index (κ3) is 15.7. The van der Waals surface area contributed by atoms with Gasteiger partial charge in [-0.25, -0.2) is 0 Å². The molecule has 0 aromatic rings. The Morgan fingerprint density at radius 2 is 1.54 bits per heavy atom. The van der Waals surface area contributed by atoms with Gasteiger partial charge in [0.05, 0.1) is 32.1 Å². The van der Waals surface area contributed by atoms with Crippen molar-refractivity contribution < 1.29 is 38.7 Å². The van der Waals surface area contributed by atoms with Gasteiger partial charge in [-0.2, -0.15) is 0 Å². The van der Waals surface area contributed by atoms with Gasteiger partial charge < -0.3 is 48.1 Å². The number of unbranched alkanes of at least 4 members (excludes halogenated alkanes) is 1. The zero-order valence-electron chi connectivity index (χ0n) is 22.3. The largest absolute Gasteiger partial charge is 0.481 e. The number of carboxylic acids is 1. The van der Waals surface area contributed by atoms with E-state index in [1.807, 2.05) is 0 Å². The quantitative estimate of drug-likeness (QED) is 0.0531. The highest BCUT2D eigenvalue weighted by atomic mass is 16.4. The summed E-state index contributed by atoms with van der Waals surface area (Å²) in [5.74, 6) is -5.80. The maximum atomic E-state index is 12.4. The molecule has 0 spiro atoms.